The molecule has 134 valence electrons. The SMILES string of the molecule is CN(CC(=O)N(C)Cc1ccccc1)Cc1ccc(C(F)(F)F)cc1. The highest BCUT2D eigenvalue weighted by atomic mass is 19.4. The topological polar surface area (TPSA) is 23.6 Å². The zero-order valence-corrected chi connectivity index (χ0v) is 14.3. The zero-order chi connectivity index (χ0) is 18.4. The van der Waals surface area contributed by atoms with Gasteiger partial charge in [0.1, 0.15) is 0 Å². The van der Waals surface area contributed by atoms with Crippen LogP contribution in [0.5, 0.6) is 0 Å². The van der Waals surface area contributed by atoms with Gasteiger partial charge in [0, 0.05) is 20.1 Å². The van der Waals surface area contributed by atoms with Crippen molar-refractivity contribution >= 4 is 5.91 Å². The van der Waals surface area contributed by atoms with Gasteiger partial charge >= 0.3 is 6.18 Å². The van der Waals surface area contributed by atoms with Crippen LogP contribution in [0.15, 0.2) is 54.6 Å². The highest BCUT2D eigenvalue weighted by molar-refractivity contribution is 5.77. The molecule has 0 aliphatic carbocycles. The zero-order valence-electron chi connectivity index (χ0n) is 14.3. The molecule has 0 saturated carbocycles. The van der Waals surface area contributed by atoms with Crippen LogP contribution in [0.25, 0.3) is 0 Å². The fourth-order valence-electron chi connectivity index (χ4n) is 2.46. The van der Waals surface area contributed by atoms with E-state index in [9.17, 15) is 18.0 Å². The van der Waals surface area contributed by atoms with Crippen LogP contribution in [-0.2, 0) is 24.1 Å². The van der Waals surface area contributed by atoms with E-state index < -0.39 is 11.7 Å². The molecule has 0 atom stereocenters. The lowest BCUT2D eigenvalue weighted by molar-refractivity contribution is -0.137. The fourth-order valence-corrected chi connectivity index (χ4v) is 2.46. The number of carbonyl (C=O) groups is 1. The third-order valence-electron chi connectivity index (χ3n) is 3.83. The van der Waals surface area contributed by atoms with Gasteiger partial charge in [-0.2, -0.15) is 13.2 Å². The van der Waals surface area contributed by atoms with Gasteiger partial charge in [0.15, 0.2) is 0 Å². The summed E-state index contributed by atoms with van der Waals surface area (Å²) in [5, 5.41) is 0. The van der Waals surface area contributed by atoms with E-state index in [4.69, 9.17) is 0 Å². The summed E-state index contributed by atoms with van der Waals surface area (Å²) in [6.45, 7) is 1.13. The lowest BCUT2D eigenvalue weighted by Crippen LogP contribution is -2.36. The average Bonchev–Trinajstić information content (AvgIpc) is 2.55. The molecule has 2 aromatic rings. The molecule has 1 amide bonds. The molecule has 0 saturated heterocycles. The number of alkyl halides is 3. The van der Waals surface area contributed by atoms with Crippen molar-refractivity contribution in [3.05, 3.63) is 71.3 Å². The molecule has 0 N–H and O–H groups in total. The molecule has 2 aromatic carbocycles. The van der Waals surface area contributed by atoms with Gasteiger partial charge in [0.25, 0.3) is 0 Å². The van der Waals surface area contributed by atoms with Crippen molar-refractivity contribution in [3.63, 3.8) is 0 Å². The van der Waals surface area contributed by atoms with Crippen molar-refractivity contribution in [1.82, 2.24) is 9.80 Å². The number of halogens is 3. The summed E-state index contributed by atoms with van der Waals surface area (Å²) in [5.41, 5.74) is 1.11. The van der Waals surface area contributed by atoms with E-state index in [0.717, 1.165) is 23.3 Å². The summed E-state index contributed by atoms with van der Waals surface area (Å²) in [6.07, 6.45) is -4.33. The second-order valence-corrected chi connectivity index (χ2v) is 6.10. The quantitative estimate of drug-likeness (QED) is 0.791. The van der Waals surface area contributed by atoms with Crippen LogP contribution in [0, 0.1) is 0 Å². The first-order valence-electron chi connectivity index (χ1n) is 7.88. The summed E-state index contributed by atoms with van der Waals surface area (Å²) >= 11 is 0. The Kier molecular flexibility index (Phi) is 6.20. The fraction of sp³-hybridized carbons (Fsp3) is 0.316. The molecule has 0 aliphatic rings. The summed E-state index contributed by atoms with van der Waals surface area (Å²) in [5.74, 6) is -0.0433. The van der Waals surface area contributed by atoms with Crippen molar-refractivity contribution in [2.45, 2.75) is 19.3 Å². The Morgan fingerprint density at radius 3 is 2.00 bits per heavy atom. The average molecular weight is 350 g/mol. The van der Waals surface area contributed by atoms with Gasteiger partial charge in [-0.25, -0.2) is 0 Å². The predicted molar refractivity (Wildman–Crippen MR) is 90.7 cm³/mol. The molecular weight excluding hydrogens is 329 g/mol. The number of hydrogen-bond acceptors (Lipinski definition) is 2. The van der Waals surface area contributed by atoms with Crippen molar-refractivity contribution < 1.29 is 18.0 Å². The lowest BCUT2D eigenvalue weighted by atomic mass is 10.1. The molecule has 2 rings (SSSR count). The second-order valence-electron chi connectivity index (χ2n) is 6.10. The Morgan fingerprint density at radius 1 is 0.880 bits per heavy atom. The number of carbonyl (C=O) groups excluding carboxylic acids is 1. The van der Waals surface area contributed by atoms with Crippen molar-refractivity contribution in [1.29, 1.82) is 0 Å². The Labute approximate surface area is 145 Å². The van der Waals surface area contributed by atoms with E-state index in [1.807, 2.05) is 30.3 Å². The molecule has 0 spiro atoms. The van der Waals surface area contributed by atoms with Crippen LogP contribution in [0.1, 0.15) is 16.7 Å². The van der Waals surface area contributed by atoms with E-state index in [1.54, 1.807) is 23.9 Å². The molecule has 3 nitrogen and oxygen atoms in total. The molecular formula is C19H21F3N2O. The van der Waals surface area contributed by atoms with Crippen LogP contribution in [0.4, 0.5) is 13.2 Å². The van der Waals surface area contributed by atoms with Gasteiger partial charge in [0.05, 0.1) is 12.1 Å². The van der Waals surface area contributed by atoms with Crippen molar-refractivity contribution in [3.8, 4) is 0 Å². The Balaban J connectivity index is 1.86. The van der Waals surface area contributed by atoms with Crippen LogP contribution < -0.4 is 0 Å². The van der Waals surface area contributed by atoms with Gasteiger partial charge in [-0.15, -0.1) is 0 Å². The lowest BCUT2D eigenvalue weighted by Gasteiger charge is -2.22. The number of nitrogens with zero attached hydrogens (tertiary/aromatic N) is 2. The maximum atomic E-state index is 12.6. The van der Waals surface area contributed by atoms with E-state index >= 15 is 0 Å². The van der Waals surface area contributed by atoms with Gasteiger partial charge in [-0.1, -0.05) is 42.5 Å². The number of benzene rings is 2. The molecule has 0 radical (unpaired) electrons. The van der Waals surface area contributed by atoms with E-state index in [2.05, 4.69) is 0 Å². The van der Waals surface area contributed by atoms with Crippen LogP contribution in [-0.4, -0.2) is 36.3 Å². The van der Waals surface area contributed by atoms with Gasteiger partial charge in [-0.05, 0) is 30.3 Å². The molecule has 0 aliphatic heterocycles. The number of hydrogen-bond donors (Lipinski definition) is 0. The van der Waals surface area contributed by atoms with Gasteiger partial charge < -0.3 is 4.90 Å². The molecule has 6 heteroatoms. The smallest absolute Gasteiger partial charge is 0.340 e. The minimum Gasteiger partial charge on any atom is -0.340 e. The summed E-state index contributed by atoms with van der Waals surface area (Å²) in [4.78, 5) is 15.7. The molecule has 0 aromatic heterocycles. The Morgan fingerprint density at radius 2 is 1.44 bits per heavy atom. The summed E-state index contributed by atoms with van der Waals surface area (Å²) in [7, 11) is 3.51. The maximum Gasteiger partial charge on any atom is 0.416 e. The van der Waals surface area contributed by atoms with E-state index in [0.29, 0.717) is 13.1 Å². The normalized spacial score (nSPS) is 11.6. The standard InChI is InChI=1S/C19H21F3N2O/c1-23(12-16-8-10-17(11-9-16)19(20,21)22)14-18(25)24(2)13-15-6-4-3-5-7-15/h3-11H,12-14H2,1-2H3. The van der Waals surface area contributed by atoms with E-state index in [-0.39, 0.29) is 12.5 Å². The minimum atomic E-state index is -4.33. The molecule has 25 heavy (non-hydrogen) atoms. The Hall–Kier alpha value is -2.34. The molecule has 0 bridgehead atoms. The number of likely N-dealkylation sites (N-methyl/N-ethyl adjacent to an activating group) is 2. The molecule has 0 fully saturated rings. The van der Waals surface area contributed by atoms with Crippen LogP contribution in [0.2, 0.25) is 0 Å². The van der Waals surface area contributed by atoms with Gasteiger partial charge in [-0.3, -0.25) is 9.69 Å². The first-order chi connectivity index (χ1) is 11.8. The largest absolute Gasteiger partial charge is 0.416 e. The molecule has 0 unspecified atom stereocenters. The van der Waals surface area contributed by atoms with Crippen molar-refractivity contribution in [2.24, 2.45) is 0 Å². The monoisotopic (exact) mass is 350 g/mol. The Bertz CT molecular complexity index is 684. The number of rotatable bonds is 6. The van der Waals surface area contributed by atoms with Crippen molar-refractivity contribution in [2.75, 3.05) is 20.6 Å². The highest BCUT2D eigenvalue weighted by Gasteiger charge is 2.29. The van der Waals surface area contributed by atoms with Crippen LogP contribution >= 0.6 is 0 Å². The minimum absolute atomic E-state index is 0.0433. The number of amides is 1. The highest BCUT2D eigenvalue weighted by Crippen LogP contribution is 2.29. The first-order valence-corrected chi connectivity index (χ1v) is 7.88. The summed E-state index contributed by atoms with van der Waals surface area (Å²) in [6, 6.07) is 14.7. The summed E-state index contributed by atoms with van der Waals surface area (Å²) < 4.78 is 37.7. The first kappa shape index (κ1) is 19.0. The third kappa shape index (κ3) is 5.90. The van der Waals surface area contributed by atoms with E-state index in [1.165, 1.54) is 12.1 Å². The second kappa shape index (κ2) is 8.16. The van der Waals surface area contributed by atoms with Crippen LogP contribution in [0.3, 0.4) is 0 Å². The third-order valence-corrected chi connectivity index (χ3v) is 3.83. The molecule has 0 heterocycles. The maximum absolute atomic E-state index is 12.6. The predicted octanol–water partition coefficient (Wildman–Crippen LogP) is 3.80. The van der Waals surface area contributed by atoms with Gasteiger partial charge in [0.2, 0.25) is 5.91 Å².